The minimum Gasteiger partial charge on any atom is -0.405 e. The number of imide groups is 1. The van der Waals surface area contributed by atoms with Crippen LogP contribution >= 0.6 is 0 Å². The first-order chi connectivity index (χ1) is 12.9. The third kappa shape index (κ3) is 4.46. The number of halogens is 3. The van der Waals surface area contributed by atoms with Crippen molar-refractivity contribution in [1.29, 1.82) is 0 Å². The molecule has 2 aromatic rings. The summed E-state index contributed by atoms with van der Waals surface area (Å²) in [6.45, 7) is 0.990. The molecular weight excluding hydrogens is 361 g/mol. The maximum Gasteiger partial charge on any atom is 0.573 e. The number of carbonyl (C=O) groups is 2. The number of hydrogen-bond donors (Lipinski definition) is 1. The molecule has 1 atom stereocenters. The Hall–Kier alpha value is -2.87. The first-order valence-electron chi connectivity index (χ1n) is 8.35. The van der Waals surface area contributed by atoms with Crippen LogP contribution in [0.5, 0.6) is 5.75 Å². The van der Waals surface area contributed by atoms with Crippen LogP contribution in [0.2, 0.25) is 0 Å². The van der Waals surface area contributed by atoms with Gasteiger partial charge in [-0.3, -0.25) is 14.5 Å². The van der Waals surface area contributed by atoms with Crippen LogP contribution in [0, 0.1) is 0 Å². The molecule has 1 N–H and O–H groups in total. The summed E-state index contributed by atoms with van der Waals surface area (Å²) in [7, 11) is 0. The number of benzene rings is 2. The van der Waals surface area contributed by atoms with Crippen LogP contribution in [0.1, 0.15) is 27.1 Å². The van der Waals surface area contributed by atoms with E-state index in [1.807, 2.05) is 0 Å². The minimum atomic E-state index is -4.94. The summed E-state index contributed by atoms with van der Waals surface area (Å²) in [6, 6.07) is 12.7. The topological polar surface area (TPSA) is 58.6 Å². The van der Waals surface area contributed by atoms with E-state index in [0.717, 1.165) is 11.0 Å². The molecule has 0 saturated carbocycles. The molecule has 2 aromatic carbocycles. The van der Waals surface area contributed by atoms with Crippen molar-refractivity contribution in [3.05, 3.63) is 65.7 Å². The second kappa shape index (κ2) is 7.79. The predicted octanol–water partition coefficient (Wildman–Crippen LogP) is 3.23. The summed E-state index contributed by atoms with van der Waals surface area (Å²) in [5.41, 5.74) is -0.0297. The third-order valence-corrected chi connectivity index (χ3v) is 4.20. The average Bonchev–Trinajstić information content (AvgIpc) is 3.16. The van der Waals surface area contributed by atoms with Gasteiger partial charge in [0.05, 0.1) is 11.6 Å². The second-order valence-electron chi connectivity index (χ2n) is 6.04. The van der Waals surface area contributed by atoms with Gasteiger partial charge in [0.15, 0.2) is 0 Å². The zero-order chi connectivity index (χ0) is 19.4. The molecule has 1 aliphatic rings. The van der Waals surface area contributed by atoms with Gasteiger partial charge in [0, 0.05) is 12.1 Å². The Kier molecular flexibility index (Phi) is 5.46. The van der Waals surface area contributed by atoms with Crippen LogP contribution < -0.4 is 10.1 Å². The van der Waals surface area contributed by atoms with Gasteiger partial charge in [0.1, 0.15) is 5.75 Å². The standard InChI is InChI=1S/C19H17F3N2O3/c20-19(21,22)27-16-9-5-4-8-15(16)18(26)24(14-10-11-23-12-14)17(25)13-6-2-1-3-7-13/h1-9,14,23H,10-12H2. The molecule has 2 amide bonds. The van der Waals surface area contributed by atoms with Crippen molar-refractivity contribution < 1.29 is 27.5 Å². The highest BCUT2D eigenvalue weighted by Crippen LogP contribution is 2.28. The lowest BCUT2D eigenvalue weighted by atomic mass is 10.1. The lowest BCUT2D eigenvalue weighted by molar-refractivity contribution is -0.274. The smallest absolute Gasteiger partial charge is 0.405 e. The van der Waals surface area contributed by atoms with Crippen molar-refractivity contribution in [1.82, 2.24) is 10.2 Å². The molecule has 8 heteroatoms. The Labute approximate surface area is 153 Å². The van der Waals surface area contributed by atoms with Gasteiger partial charge in [-0.15, -0.1) is 13.2 Å². The fourth-order valence-electron chi connectivity index (χ4n) is 2.99. The fraction of sp³-hybridized carbons (Fsp3) is 0.263. The average molecular weight is 378 g/mol. The monoisotopic (exact) mass is 378 g/mol. The number of rotatable bonds is 4. The van der Waals surface area contributed by atoms with Crippen LogP contribution in [-0.4, -0.2) is 42.2 Å². The number of ether oxygens (including phenoxy) is 1. The Bertz CT molecular complexity index is 818. The van der Waals surface area contributed by atoms with Gasteiger partial charge in [0.2, 0.25) is 0 Å². The number of nitrogens with zero attached hydrogens (tertiary/aromatic N) is 1. The summed E-state index contributed by atoms with van der Waals surface area (Å²) in [6.07, 6.45) is -4.42. The van der Waals surface area contributed by atoms with E-state index in [0.29, 0.717) is 19.5 Å². The number of para-hydroxylation sites is 1. The van der Waals surface area contributed by atoms with Crippen LogP contribution in [-0.2, 0) is 0 Å². The van der Waals surface area contributed by atoms with E-state index in [-0.39, 0.29) is 11.1 Å². The lowest BCUT2D eigenvalue weighted by Crippen LogP contribution is -2.46. The third-order valence-electron chi connectivity index (χ3n) is 4.20. The second-order valence-corrected chi connectivity index (χ2v) is 6.04. The van der Waals surface area contributed by atoms with Gasteiger partial charge in [0.25, 0.3) is 11.8 Å². The summed E-state index contributed by atoms with van der Waals surface area (Å²) in [4.78, 5) is 27.1. The zero-order valence-corrected chi connectivity index (χ0v) is 14.2. The van der Waals surface area contributed by atoms with Gasteiger partial charge in [-0.05, 0) is 37.2 Å². The van der Waals surface area contributed by atoms with Gasteiger partial charge in [-0.1, -0.05) is 30.3 Å². The van der Waals surface area contributed by atoms with E-state index in [1.54, 1.807) is 30.3 Å². The Morgan fingerprint density at radius 1 is 1.00 bits per heavy atom. The molecule has 0 aliphatic carbocycles. The number of alkyl halides is 3. The molecule has 0 bridgehead atoms. The fourth-order valence-corrected chi connectivity index (χ4v) is 2.99. The van der Waals surface area contributed by atoms with Crippen molar-refractivity contribution in [2.75, 3.05) is 13.1 Å². The predicted molar refractivity (Wildman–Crippen MR) is 91.3 cm³/mol. The molecule has 27 heavy (non-hydrogen) atoms. The van der Waals surface area contributed by atoms with Crippen LogP contribution in [0.4, 0.5) is 13.2 Å². The van der Waals surface area contributed by atoms with Gasteiger partial charge < -0.3 is 10.1 Å². The largest absolute Gasteiger partial charge is 0.573 e. The molecule has 1 unspecified atom stereocenters. The van der Waals surface area contributed by atoms with E-state index < -0.39 is 30.0 Å². The highest BCUT2D eigenvalue weighted by Gasteiger charge is 2.37. The quantitative estimate of drug-likeness (QED) is 0.830. The Morgan fingerprint density at radius 2 is 1.67 bits per heavy atom. The van der Waals surface area contributed by atoms with E-state index >= 15 is 0 Å². The molecule has 5 nitrogen and oxygen atoms in total. The molecule has 1 heterocycles. The van der Waals surface area contributed by atoms with Crippen molar-refractivity contribution in [2.45, 2.75) is 18.8 Å². The molecule has 0 radical (unpaired) electrons. The van der Waals surface area contributed by atoms with Crippen molar-refractivity contribution in [3.63, 3.8) is 0 Å². The van der Waals surface area contributed by atoms with Crippen LogP contribution in [0.15, 0.2) is 54.6 Å². The molecule has 1 fully saturated rings. The molecule has 3 rings (SSSR count). The summed E-state index contributed by atoms with van der Waals surface area (Å²) < 4.78 is 42.0. The molecular formula is C19H17F3N2O3. The van der Waals surface area contributed by atoms with E-state index in [9.17, 15) is 22.8 Å². The van der Waals surface area contributed by atoms with Crippen molar-refractivity contribution in [3.8, 4) is 5.75 Å². The molecule has 0 aromatic heterocycles. The summed E-state index contributed by atoms with van der Waals surface area (Å²) in [5, 5.41) is 3.06. The van der Waals surface area contributed by atoms with Crippen molar-refractivity contribution in [2.24, 2.45) is 0 Å². The van der Waals surface area contributed by atoms with Gasteiger partial charge in [-0.25, -0.2) is 0 Å². The summed E-state index contributed by atoms with van der Waals surface area (Å²) >= 11 is 0. The molecule has 142 valence electrons. The van der Waals surface area contributed by atoms with E-state index in [2.05, 4.69) is 10.1 Å². The van der Waals surface area contributed by atoms with Gasteiger partial charge in [-0.2, -0.15) is 0 Å². The summed E-state index contributed by atoms with van der Waals surface area (Å²) in [5.74, 6) is -2.01. The van der Waals surface area contributed by atoms with Gasteiger partial charge >= 0.3 is 6.36 Å². The van der Waals surface area contributed by atoms with E-state index in [1.165, 1.54) is 18.2 Å². The first kappa shape index (κ1) is 18.9. The Balaban J connectivity index is 1.98. The Morgan fingerprint density at radius 3 is 2.30 bits per heavy atom. The zero-order valence-electron chi connectivity index (χ0n) is 14.2. The number of nitrogens with one attached hydrogen (secondary N) is 1. The molecule has 1 aliphatic heterocycles. The SMILES string of the molecule is O=C(c1ccccc1)N(C(=O)c1ccccc1OC(F)(F)F)C1CCNC1. The van der Waals surface area contributed by atoms with Crippen LogP contribution in [0.3, 0.4) is 0 Å². The first-order valence-corrected chi connectivity index (χ1v) is 8.35. The van der Waals surface area contributed by atoms with E-state index in [4.69, 9.17) is 0 Å². The normalized spacial score (nSPS) is 16.8. The lowest BCUT2D eigenvalue weighted by Gasteiger charge is -2.27. The number of carbonyl (C=O) groups excluding carboxylic acids is 2. The highest BCUT2D eigenvalue weighted by molar-refractivity contribution is 6.11. The number of hydrogen-bond acceptors (Lipinski definition) is 4. The minimum absolute atomic E-state index is 0.284. The highest BCUT2D eigenvalue weighted by atomic mass is 19.4. The maximum atomic E-state index is 13.1. The molecule has 0 spiro atoms. The van der Waals surface area contributed by atoms with Crippen LogP contribution in [0.25, 0.3) is 0 Å². The maximum absolute atomic E-state index is 13.1. The molecule has 1 saturated heterocycles. The van der Waals surface area contributed by atoms with Crippen molar-refractivity contribution >= 4 is 11.8 Å². The number of amides is 2.